The maximum atomic E-state index is 12.6. The Morgan fingerprint density at radius 2 is 1.90 bits per heavy atom. The fourth-order valence-electron chi connectivity index (χ4n) is 4.68. The molecule has 4 rings (SSSR count). The second-order valence-electron chi connectivity index (χ2n) is 8.11. The highest BCUT2D eigenvalue weighted by molar-refractivity contribution is 5.99. The van der Waals surface area contributed by atoms with Crippen LogP contribution in [0.3, 0.4) is 0 Å². The minimum Gasteiger partial charge on any atom is -0.493 e. The largest absolute Gasteiger partial charge is 0.493 e. The van der Waals surface area contributed by atoms with E-state index in [1.165, 1.54) is 0 Å². The Labute approximate surface area is 176 Å². The molecule has 6 heteroatoms. The van der Waals surface area contributed by atoms with E-state index in [4.69, 9.17) is 9.47 Å². The smallest absolute Gasteiger partial charge is 0.309 e. The van der Waals surface area contributed by atoms with Gasteiger partial charge in [0.05, 0.1) is 25.2 Å². The average Bonchev–Trinajstić information content (AvgIpc) is 3.34. The molecule has 0 radical (unpaired) electrons. The standard InChI is InChI=1S/C24H27NO5/c1-25-22(17-9-5-6-10-18(17)23(25)26)19(24(27)28)13-15-11-12-20(29-2)21(14-15)30-16-7-3-4-8-16/h5-6,9-12,14,16,19,22H,3-4,7-8,13H2,1-2H3,(H,27,28). The zero-order valence-corrected chi connectivity index (χ0v) is 17.3. The molecule has 2 unspecified atom stereocenters. The van der Waals surface area contributed by atoms with Crippen LogP contribution in [0.25, 0.3) is 0 Å². The van der Waals surface area contributed by atoms with Gasteiger partial charge in [0.15, 0.2) is 11.5 Å². The van der Waals surface area contributed by atoms with Crippen LogP contribution in [-0.2, 0) is 11.2 Å². The number of fused-ring (bicyclic) bond motifs is 1. The van der Waals surface area contributed by atoms with Crippen molar-refractivity contribution >= 4 is 11.9 Å². The summed E-state index contributed by atoms with van der Waals surface area (Å²) in [6.07, 6.45) is 4.84. The monoisotopic (exact) mass is 409 g/mol. The SMILES string of the molecule is COc1ccc(CC(C(=O)O)C2c3ccccc3C(=O)N2C)cc1OC1CCCC1. The number of benzene rings is 2. The van der Waals surface area contributed by atoms with Crippen LogP contribution in [0.1, 0.15) is 53.2 Å². The minimum atomic E-state index is -0.926. The van der Waals surface area contributed by atoms with Crippen molar-refractivity contribution in [2.24, 2.45) is 5.92 Å². The Kier molecular flexibility index (Phi) is 5.66. The third kappa shape index (κ3) is 3.74. The van der Waals surface area contributed by atoms with Gasteiger partial charge >= 0.3 is 5.97 Å². The maximum Gasteiger partial charge on any atom is 0.309 e. The van der Waals surface area contributed by atoms with E-state index in [-0.39, 0.29) is 18.4 Å². The van der Waals surface area contributed by atoms with E-state index in [2.05, 4.69) is 0 Å². The molecular weight excluding hydrogens is 382 g/mol. The lowest BCUT2D eigenvalue weighted by molar-refractivity contribution is -0.143. The van der Waals surface area contributed by atoms with Crippen molar-refractivity contribution in [2.45, 2.75) is 44.2 Å². The quantitative estimate of drug-likeness (QED) is 0.746. The van der Waals surface area contributed by atoms with Crippen molar-refractivity contribution in [3.63, 3.8) is 0 Å². The van der Waals surface area contributed by atoms with E-state index >= 15 is 0 Å². The van der Waals surface area contributed by atoms with Crippen LogP contribution < -0.4 is 9.47 Å². The molecule has 6 nitrogen and oxygen atoms in total. The molecule has 2 aliphatic rings. The van der Waals surface area contributed by atoms with Gasteiger partial charge in [-0.15, -0.1) is 0 Å². The van der Waals surface area contributed by atoms with Gasteiger partial charge < -0.3 is 19.5 Å². The molecule has 1 aliphatic heterocycles. The molecule has 0 bridgehead atoms. The highest BCUT2D eigenvalue weighted by Gasteiger charge is 2.42. The number of aliphatic carboxylic acids is 1. The lowest BCUT2D eigenvalue weighted by atomic mass is 9.87. The van der Waals surface area contributed by atoms with Gasteiger partial charge in [-0.2, -0.15) is 0 Å². The first kappa shape index (κ1) is 20.3. The van der Waals surface area contributed by atoms with Crippen molar-refractivity contribution in [2.75, 3.05) is 14.2 Å². The van der Waals surface area contributed by atoms with Crippen molar-refractivity contribution in [3.05, 3.63) is 59.2 Å². The molecule has 1 fully saturated rings. The summed E-state index contributed by atoms with van der Waals surface area (Å²) in [5, 5.41) is 10.0. The summed E-state index contributed by atoms with van der Waals surface area (Å²) in [5.41, 5.74) is 2.20. The minimum absolute atomic E-state index is 0.137. The summed E-state index contributed by atoms with van der Waals surface area (Å²) >= 11 is 0. The van der Waals surface area contributed by atoms with Crippen molar-refractivity contribution in [1.29, 1.82) is 0 Å². The van der Waals surface area contributed by atoms with Gasteiger partial charge in [-0.3, -0.25) is 9.59 Å². The number of hydrogen-bond donors (Lipinski definition) is 1. The summed E-state index contributed by atoms with van der Waals surface area (Å²) in [5.74, 6) is -0.527. The summed E-state index contributed by atoms with van der Waals surface area (Å²) in [6, 6.07) is 12.3. The lowest BCUT2D eigenvalue weighted by Crippen LogP contribution is -2.34. The number of nitrogens with zero attached hydrogens (tertiary/aromatic N) is 1. The van der Waals surface area contributed by atoms with Crippen LogP contribution in [0.4, 0.5) is 0 Å². The van der Waals surface area contributed by atoms with Gasteiger partial charge in [0, 0.05) is 12.6 Å². The number of carbonyl (C=O) groups is 2. The van der Waals surface area contributed by atoms with E-state index in [1.54, 1.807) is 31.2 Å². The molecule has 0 saturated heterocycles. The highest BCUT2D eigenvalue weighted by Crippen LogP contribution is 2.40. The first-order chi connectivity index (χ1) is 14.5. The topological polar surface area (TPSA) is 76.1 Å². The first-order valence-corrected chi connectivity index (χ1v) is 10.4. The molecule has 1 N–H and O–H groups in total. The molecule has 0 aromatic heterocycles. The lowest BCUT2D eigenvalue weighted by Gasteiger charge is -2.27. The number of methoxy groups -OCH3 is 1. The number of carboxylic acids is 1. The molecule has 0 spiro atoms. The van der Waals surface area contributed by atoms with Gasteiger partial charge in [0.2, 0.25) is 0 Å². The van der Waals surface area contributed by atoms with Crippen LogP contribution in [0, 0.1) is 5.92 Å². The van der Waals surface area contributed by atoms with Crippen molar-refractivity contribution in [3.8, 4) is 11.5 Å². The Bertz CT molecular complexity index is 950. The molecule has 1 aliphatic carbocycles. The third-order valence-electron chi connectivity index (χ3n) is 6.23. The van der Waals surface area contributed by atoms with Gasteiger partial charge in [-0.25, -0.2) is 0 Å². The van der Waals surface area contributed by atoms with Crippen LogP contribution in [-0.4, -0.2) is 42.1 Å². The number of carboxylic acid groups (broad SMARTS) is 1. The predicted octanol–water partition coefficient (Wildman–Crippen LogP) is 4.09. The number of amides is 1. The second kappa shape index (κ2) is 8.38. The highest BCUT2D eigenvalue weighted by atomic mass is 16.5. The molecule has 158 valence electrons. The Hall–Kier alpha value is -3.02. The summed E-state index contributed by atoms with van der Waals surface area (Å²) in [7, 11) is 3.28. The Morgan fingerprint density at radius 1 is 1.17 bits per heavy atom. The van der Waals surface area contributed by atoms with Gasteiger partial charge in [0.25, 0.3) is 5.91 Å². The van der Waals surface area contributed by atoms with Crippen LogP contribution in [0.2, 0.25) is 0 Å². The van der Waals surface area contributed by atoms with Gasteiger partial charge in [-0.1, -0.05) is 24.3 Å². The number of hydrogen-bond acceptors (Lipinski definition) is 4. The van der Waals surface area contributed by atoms with Crippen molar-refractivity contribution < 1.29 is 24.2 Å². The molecule has 1 amide bonds. The predicted molar refractivity (Wildman–Crippen MR) is 112 cm³/mol. The zero-order chi connectivity index (χ0) is 21.3. The van der Waals surface area contributed by atoms with E-state index in [0.717, 1.165) is 36.8 Å². The van der Waals surface area contributed by atoms with E-state index in [9.17, 15) is 14.7 Å². The van der Waals surface area contributed by atoms with Crippen molar-refractivity contribution in [1.82, 2.24) is 4.90 Å². The molecule has 2 aromatic rings. The van der Waals surface area contributed by atoms with Crippen LogP contribution in [0.5, 0.6) is 11.5 Å². The average molecular weight is 409 g/mol. The van der Waals surface area contributed by atoms with Gasteiger partial charge in [0.1, 0.15) is 0 Å². The van der Waals surface area contributed by atoms with E-state index < -0.39 is 17.9 Å². The summed E-state index contributed by atoms with van der Waals surface area (Å²) < 4.78 is 11.6. The fraction of sp³-hybridized carbons (Fsp3) is 0.417. The molecular formula is C24H27NO5. The zero-order valence-electron chi connectivity index (χ0n) is 17.3. The van der Waals surface area contributed by atoms with Crippen LogP contribution in [0.15, 0.2) is 42.5 Å². The Balaban J connectivity index is 1.62. The van der Waals surface area contributed by atoms with Gasteiger partial charge in [-0.05, 0) is 61.4 Å². The number of carbonyl (C=O) groups excluding carboxylic acids is 1. The molecule has 1 heterocycles. The van der Waals surface area contributed by atoms with Crippen LogP contribution >= 0.6 is 0 Å². The molecule has 2 atom stereocenters. The number of ether oxygens (including phenoxy) is 2. The molecule has 1 saturated carbocycles. The van der Waals surface area contributed by atoms with E-state index in [1.807, 2.05) is 30.3 Å². The Morgan fingerprint density at radius 3 is 2.60 bits per heavy atom. The summed E-state index contributed by atoms with van der Waals surface area (Å²) in [6.45, 7) is 0. The second-order valence-corrected chi connectivity index (χ2v) is 8.11. The fourth-order valence-corrected chi connectivity index (χ4v) is 4.68. The third-order valence-corrected chi connectivity index (χ3v) is 6.23. The number of rotatable bonds is 7. The maximum absolute atomic E-state index is 12.6. The molecule has 30 heavy (non-hydrogen) atoms. The summed E-state index contributed by atoms with van der Waals surface area (Å²) in [4.78, 5) is 26.4. The van der Waals surface area contributed by atoms with E-state index in [0.29, 0.717) is 17.1 Å². The molecule has 2 aromatic carbocycles. The first-order valence-electron chi connectivity index (χ1n) is 10.4. The normalized spacial score (nSPS) is 19.6.